The SMILES string of the molecule is CCCCC1c2ccc(Cl)cc2CCc2cc(Cl)cnc21. The van der Waals surface area contributed by atoms with E-state index in [1.807, 2.05) is 6.07 Å². The van der Waals surface area contributed by atoms with Crippen molar-refractivity contribution in [2.24, 2.45) is 0 Å². The van der Waals surface area contributed by atoms with Crippen LogP contribution in [0.4, 0.5) is 0 Å². The molecule has 2 aromatic rings. The molecule has 21 heavy (non-hydrogen) atoms. The first-order valence-corrected chi connectivity index (χ1v) is 8.37. The zero-order chi connectivity index (χ0) is 14.8. The van der Waals surface area contributed by atoms with Gasteiger partial charge in [-0.15, -0.1) is 0 Å². The first-order valence-electron chi connectivity index (χ1n) is 7.61. The first kappa shape index (κ1) is 14.9. The van der Waals surface area contributed by atoms with Crippen LogP contribution in [0.15, 0.2) is 30.5 Å². The molecule has 0 saturated carbocycles. The van der Waals surface area contributed by atoms with Gasteiger partial charge in [-0.05, 0) is 54.2 Å². The van der Waals surface area contributed by atoms with Gasteiger partial charge in [-0.3, -0.25) is 4.98 Å². The average molecular weight is 320 g/mol. The van der Waals surface area contributed by atoms with E-state index in [0.717, 1.165) is 29.3 Å². The summed E-state index contributed by atoms with van der Waals surface area (Å²) in [5.74, 6) is 0.368. The Balaban J connectivity index is 2.10. The lowest BCUT2D eigenvalue weighted by Gasteiger charge is -2.19. The standard InChI is InChI=1S/C18H19Cl2N/c1-2-3-4-17-16-8-7-14(19)9-12(16)5-6-13-10-15(20)11-21-18(13)17/h7-11,17H,2-6H2,1H3. The topological polar surface area (TPSA) is 12.9 Å². The molecule has 110 valence electrons. The minimum absolute atomic E-state index is 0.368. The Morgan fingerprint density at radius 2 is 1.86 bits per heavy atom. The number of hydrogen-bond acceptors (Lipinski definition) is 1. The number of rotatable bonds is 3. The van der Waals surface area contributed by atoms with Crippen molar-refractivity contribution < 1.29 is 0 Å². The van der Waals surface area contributed by atoms with Crippen molar-refractivity contribution >= 4 is 23.2 Å². The van der Waals surface area contributed by atoms with E-state index in [4.69, 9.17) is 23.2 Å². The molecule has 3 rings (SSSR count). The molecule has 0 saturated heterocycles. The van der Waals surface area contributed by atoms with Crippen LogP contribution in [0, 0.1) is 0 Å². The number of benzene rings is 1. The van der Waals surface area contributed by atoms with E-state index in [1.165, 1.54) is 35.2 Å². The van der Waals surface area contributed by atoms with Crippen molar-refractivity contribution in [3.8, 4) is 0 Å². The molecule has 0 fully saturated rings. The molecule has 1 aliphatic rings. The highest BCUT2D eigenvalue weighted by Crippen LogP contribution is 2.38. The third kappa shape index (κ3) is 3.09. The van der Waals surface area contributed by atoms with Gasteiger partial charge in [0.05, 0.1) is 10.7 Å². The second-order valence-electron chi connectivity index (χ2n) is 5.74. The fraction of sp³-hybridized carbons (Fsp3) is 0.389. The van der Waals surface area contributed by atoms with E-state index in [0.29, 0.717) is 5.92 Å². The second-order valence-corrected chi connectivity index (χ2v) is 6.61. The van der Waals surface area contributed by atoms with Gasteiger partial charge in [-0.25, -0.2) is 0 Å². The highest BCUT2D eigenvalue weighted by molar-refractivity contribution is 6.30. The minimum atomic E-state index is 0.368. The summed E-state index contributed by atoms with van der Waals surface area (Å²) in [5, 5.41) is 1.55. The maximum Gasteiger partial charge on any atom is 0.0592 e. The number of nitrogens with zero attached hydrogens (tertiary/aromatic N) is 1. The molecule has 1 nitrogen and oxygen atoms in total. The van der Waals surface area contributed by atoms with Crippen molar-refractivity contribution in [3.63, 3.8) is 0 Å². The molecule has 1 atom stereocenters. The minimum Gasteiger partial charge on any atom is -0.259 e. The predicted molar refractivity (Wildman–Crippen MR) is 89.5 cm³/mol. The molecule has 0 radical (unpaired) electrons. The van der Waals surface area contributed by atoms with Crippen LogP contribution >= 0.6 is 23.2 Å². The van der Waals surface area contributed by atoms with Crippen molar-refractivity contribution in [1.82, 2.24) is 4.98 Å². The van der Waals surface area contributed by atoms with Gasteiger partial charge in [0.2, 0.25) is 0 Å². The molecule has 0 aliphatic heterocycles. The van der Waals surface area contributed by atoms with Crippen LogP contribution in [-0.2, 0) is 12.8 Å². The molecule has 0 amide bonds. The Hall–Kier alpha value is -1.05. The Bertz CT molecular complexity index is 598. The normalized spacial score (nSPS) is 17.0. The van der Waals surface area contributed by atoms with Crippen molar-refractivity contribution in [3.05, 3.63) is 62.9 Å². The number of halogens is 2. The van der Waals surface area contributed by atoms with Gasteiger partial charge in [0.1, 0.15) is 0 Å². The number of aryl methyl sites for hydroxylation is 2. The van der Waals surface area contributed by atoms with Gasteiger partial charge in [0.15, 0.2) is 0 Å². The molecule has 1 aromatic heterocycles. The number of unbranched alkanes of at least 4 members (excludes halogenated alkanes) is 1. The van der Waals surface area contributed by atoms with Gasteiger partial charge in [0, 0.05) is 17.1 Å². The smallest absolute Gasteiger partial charge is 0.0592 e. The van der Waals surface area contributed by atoms with Gasteiger partial charge in [0.25, 0.3) is 0 Å². The molecule has 0 bridgehead atoms. The number of hydrogen-bond donors (Lipinski definition) is 0. The second kappa shape index (κ2) is 6.37. The summed E-state index contributed by atoms with van der Waals surface area (Å²) in [6.45, 7) is 2.23. The molecular formula is C18H19Cl2N. The van der Waals surface area contributed by atoms with Crippen molar-refractivity contribution in [1.29, 1.82) is 0 Å². The molecule has 0 N–H and O–H groups in total. The molecule has 3 heteroatoms. The van der Waals surface area contributed by atoms with Crippen LogP contribution in [0.25, 0.3) is 0 Å². The summed E-state index contributed by atoms with van der Waals surface area (Å²) in [5.41, 5.74) is 5.24. The zero-order valence-corrected chi connectivity index (χ0v) is 13.7. The first-order chi connectivity index (χ1) is 10.2. The highest BCUT2D eigenvalue weighted by atomic mass is 35.5. The molecule has 1 unspecified atom stereocenters. The van der Waals surface area contributed by atoms with Crippen LogP contribution in [-0.4, -0.2) is 4.98 Å². The van der Waals surface area contributed by atoms with E-state index in [9.17, 15) is 0 Å². The third-order valence-corrected chi connectivity index (χ3v) is 4.73. The summed E-state index contributed by atoms with van der Waals surface area (Å²) in [7, 11) is 0. The molecular weight excluding hydrogens is 301 g/mol. The van der Waals surface area contributed by atoms with Crippen LogP contribution in [0.3, 0.4) is 0 Å². The van der Waals surface area contributed by atoms with E-state index >= 15 is 0 Å². The predicted octanol–water partition coefficient (Wildman–Crippen LogP) is 5.81. The Kier molecular flexibility index (Phi) is 4.51. The molecule has 1 heterocycles. The quantitative estimate of drug-likeness (QED) is 0.695. The maximum atomic E-state index is 6.18. The van der Waals surface area contributed by atoms with Crippen molar-refractivity contribution in [2.45, 2.75) is 44.9 Å². The van der Waals surface area contributed by atoms with Gasteiger partial charge < -0.3 is 0 Å². The molecule has 1 aliphatic carbocycles. The summed E-state index contributed by atoms with van der Waals surface area (Å²) < 4.78 is 0. The Morgan fingerprint density at radius 1 is 1.10 bits per heavy atom. The summed E-state index contributed by atoms with van der Waals surface area (Å²) in [4.78, 5) is 4.67. The fourth-order valence-corrected chi connectivity index (χ4v) is 3.63. The number of pyridine rings is 1. The lowest BCUT2D eigenvalue weighted by Crippen LogP contribution is -2.06. The van der Waals surface area contributed by atoms with E-state index < -0.39 is 0 Å². The van der Waals surface area contributed by atoms with Gasteiger partial charge in [-0.1, -0.05) is 49.0 Å². The Morgan fingerprint density at radius 3 is 2.67 bits per heavy atom. The largest absolute Gasteiger partial charge is 0.259 e. The van der Waals surface area contributed by atoms with Gasteiger partial charge in [-0.2, -0.15) is 0 Å². The maximum absolute atomic E-state index is 6.18. The fourth-order valence-electron chi connectivity index (χ4n) is 3.25. The average Bonchev–Trinajstić information content (AvgIpc) is 2.61. The van der Waals surface area contributed by atoms with Crippen LogP contribution < -0.4 is 0 Å². The van der Waals surface area contributed by atoms with E-state index in [-0.39, 0.29) is 0 Å². The molecule has 0 spiro atoms. The monoisotopic (exact) mass is 319 g/mol. The lowest BCUT2D eigenvalue weighted by molar-refractivity contribution is 0.635. The zero-order valence-electron chi connectivity index (χ0n) is 12.2. The summed E-state index contributed by atoms with van der Waals surface area (Å²) in [6, 6.07) is 8.38. The van der Waals surface area contributed by atoms with E-state index in [1.54, 1.807) is 6.20 Å². The van der Waals surface area contributed by atoms with E-state index in [2.05, 4.69) is 30.1 Å². The highest BCUT2D eigenvalue weighted by Gasteiger charge is 2.24. The molecule has 1 aromatic carbocycles. The Labute approximate surface area is 136 Å². The van der Waals surface area contributed by atoms with Crippen LogP contribution in [0.1, 0.15) is 54.5 Å². The van der Waals surface area contributed by atoms with Gasteiger partial charge >= 0.3 is 0 Å². The summed E-state index contributed by atoms with van der Waals surface area (Å²) in [6.07, 6.45) is 7.30. The number of aromatic nitrogens is 1. The van der Waals surface area contributed by atoms with Crippen LogP contribution in [0.5, 0.6) is 0 Å². The third-order valence-electron chi connectivity index (χ3n) is 4.29. The number of fused-ring (bicyclic) bond motifs is 2. The van der Waals surface area contributed by atoms with Crippen LogP contribution in [0.2, 0.25) is 10.0 Å². The van der Waals surface area contributed by atoms with Crippen molar-refractivity contribution in [2.75, 3.05) is 0 Å². The lowest BCUT2D eigenvalue weighted by atomic mass is 9.87. The summed E-state index contributed by atoms with van der Waals surface area (Å²) >= 11 is 12.3.